The third-order valence-corrected chi connectivity index (χ3v) is 3.17. The number of nitrogens with one attached hydrogen (secondary N) is 2. The van der Waals surface area contributed by atoms with Crippen molar-refractivity contribution in [2.75, 3.05) is 11.9 Å². The molecule has 0 aliphatic carbocycles. The van der Waals surface area contributed by atoms with Gasteiger partial charge >= 0.3 is 0 Å². The van der Waals surface area contributed by atoms with Crippen LogP contribution in [0.25, 0.3) is 0 Å². The van der Waals surface area contributed by atoms with Gasteiger partial charge in [-0.1, -0.05) is 44.2 Å². The number of nitrogens with two attached hydrogens (primary N) is 1. The van der Waals surface area contributed by atoms with Gasteiger partial charge in [0.25, 0.3) is 5.91 Å². The lowest BCUT2D eigenvalue weighted by molar-refractivity contribution is 0.100. The molecule has 1 amide bonds. The Labute approximate surface area is 112 Å². The molecular formula is C14H18N4O. The molecule has 1 aromatic heterocycles. The van der Waals surface area contributed by atoms with Crippen LogP contribution in [0.4, 0.5) is 5.82 Å². The van der Waals surface area contributed by atoms with Gasteiger partial charge < -0.3 is 11.1 Å². The first-order valence-electron chi connectivity index (χ1n) is 6.13. The summed E-state index contributed by atoms with van der Waals surface area (Å²) in [5, 5.41) is 9.77. The summed E-state index contributed by atoms with van der Waals surface area (Å²) in [6, 6.07) is 10.2. The van der Waals surface area contributed by atoms with Gasteiger partial charge in [0.2, 0.25) is 0 Å². The predicted molar refractivity (Wildman–Crippen MR) is 75.1 cm³/mol. The Balaban J connectivity index is 2.10. The third-order valence-electron chi connectivity index (χ3n) is 3.17. The van der Waals surface area contributed by atoms with E-state index in [0.717, 1.165) is 0 Å². The molecular weight excluding hydrogens is 240 g/mol. The van der Waals surface area contributed by atoms with Crippen LogP contribution in [0.15, 0.2) is 36.5 Å². The predicted octanol–water partition coefficient (Wildman–Crippen LogP) is 1.90. The number of benzene rings is 1. The molecule has 100 valence electrons. The van der Waals surface area contributed by atoms with E-state index >= 15 is 0 Å². The summed E-state index contributed by atoms with van der Waals surface area (Å²) in [6.45, 7) is 4.94. The molecule has 0 atom stereocenters. The van der Waals surface area contributed by atoms with Crippen molar-refractivity contribution in [1.82, 2.24) is 10.2 Å². The number of nitrogens with zero attached hydrogens (tertiary/aromatic N) is 1. The molecule has 5 nitrogen and oxygen atoms in total. The average Bonchev–Trinajstić information content (AvgIpc) is 2.86. The van der Waals surface area contributed by atoms with Crippen molar-refractivity contribution in [2.45, 2.75) is 19.3 Å². The monoisotopic (exact) mass is 258 g/mol. The fraction of sp³-hybridized carbons (Fsp3) is 0.286. The zero-order valence-corrected chi connectivity index (χ0v) is 11.1. The number of anilines is 1. The zero-order chi connectivity index (χ0) is 13.9. The maximum atomic E-state index is 11.2. The number of amides is 1. The van der Waals surface area contributed by atoms with Gasteiger partial charge in [-0.25, -0.2) is 0 Å². The minimum atomic E-state index is -0.492. The number of hydrogen-bond acceptors (Lipinski definition) is 3. The van der Waals surface area contributed by atoms with Crippen molar-refractivity contribution >= 4 is 11.7 Å². The Morgan fingerprint density at radius 1 is 1.37 bits per heavy atom. The van der Waals surface area contributed by atoms with Gasteiger partial charge in [-0.05, 0) is 5.56 Å². The molecule has 0 aliphatic rings. The van der Waals surface area contributed by atoms with E-state index in [4.69, 9.17) is 5.73 Å². The molecule has 1 aromatic carbocycles. The highest BCUT2D eigenvalue weighted by Crippen LogP contribution is 2.23. The molecule has 0 aliphatic heterocycles. The van der Waals surface area contributed by atoms with Gasteiger partial charge in [0.05, 0.1) is 6.20 Å². The maximum Gasteiger partial charge on any atom is 0.254 e. The highest BCUT2D eigenvalue weighted by atomic mass is 16.1. The molecule has 0 bridgehead atoms. The summed E-state index contributed by atoms with van der Waals surface area (Å²) < 4.78 is 0. The number of primary amides is 1. The minimum absolute atomic E-state index is 0.0682. The first kappa shape index (κ1) is 13.1. The fourth-order valence-corrected chi connectivity index (χ4v) is 1.91. The number of aromatic amines is 1. The standard InChI is InChI=1S/C14H18N4O/c1-14(2,10-6-4-3-5-7-10)9-16-13-11(12(15)19)8-17-18-13/h3-8H,9H2,1-2H3,(H2,15,19)(H2,16,17,18). The molecule has 4 N–H and O–H groups in total. The van der Waals surface area contributed by atoms with Crippen LogP contribution in [-0.2, 0) is 5.41 Å². The quantitative estimate of drug-likeness (QED) is 0.765. The van der Waals surface area contributed by atoms with Crippen molar-refractivity contribution < 1.29 is 4.79 Å². The Morgan fingerprint density at radius 3 is 2.68 bits per heavy atom. The van der Waals surface area contributed by atoms with Crippen LogP contribution in [0, 0.1) is 0 Å². The highest BCUT2D eigenvalue weighted by Gasteiger charge is 2.21. The van der Waals surface area contributed by atoms with E-state index in [-0.39, 0.29) is 5.41 Å². The number of hydrogen-bond donors (Lipinski definition) is 3. The summed E-state index contributed by atoms with van der Waals surface area (Å²) in [7, 11) is 0. The molecule has 19 heavy (non-hydrogen) atoms. The van der Waals surface area contributed by atoms with Crippen molar-refractivity contribution in [2.24, 2.45) is 5.73 Å². The lowest BCUT2D eigenvalue weighted by Gasteiger charge is -2.25. The first-order chi connectivity index (χ1) is 9.00. The second-order valence-electron chi connectivity index (χ2n) is 5.13. The van der Waals surface area contributed by atoms with E-state index < -0.39 is 5.91 Å². The second kappa shape index (κ2) is 5.14. The van der Waals surface area contributed by atoms with E-state index in [2.05, 4.69) is 41.5 Å². The van der Waals surface area contributed by atoms with E-state index in [1.165, 1.54) is 11.8 Å². The Kier molecular flexibility index (Phi) is 3.55. The number of H-pyrrole nitrogens is 1. The lowest BCUT2D eigenvalue weighted by atomic mass is 9.84. The molecule has 1 heterocycles. The highest BCUT2D eigenvalue weighted by molar-refractivity contribution is 5.97. The van der Waals surface area contributed by atoms with Crippen LogP contribution in [0.3, 0.4) is 0 Å². The summed E-state index contributed by atoms with van der Waals surface area (Å²) >= 11 is 0. The van der Waals surface area contributed by atoms with Gasteiger partial charge in [0, 0.05) is 12.0 Å². The van der Waals surface area contributed by atoms with Gasteiger partial charge in [-0.15, -0.1) is 0 Å². The van der Waals surface area contributed by atoms with E-state index in [1.54, 1.807) is 0 Å². The van der Waals surface area contributed by atoms with Crippen molar-refractivity contribution in [3.63, 3.8) is 0 Å². The van der Waals surface area contributed by atoms with E-state index in [1.807, 2.05) is 18.2 Å². The van der Waals surface area contributed by atoms with Crippen LogP contribution in [0.5, 0.6) is 0 Å². The van der Waals surface area contributed by atoms with E-state index in [0.29, 0.717) is 17.9 Å². The van der Waals surface area contributed by atoms with Gasteiger partial charge in [-0.3, -0.25) is 9.89 Å². The molecule has 2 aromatic rings. The Hall–Kier alpha value is -2.30. The molecule has 5 heteroatoms. The Morgan fingerprint density at radius 2 is 2.05 bits per heavy atom. The van der Waals surface area contributed by atoms with Crippen LogP contribution in [-0.4, -0.2) is 22.6 Å². The normalized spacial score (nSPS) is 11.3. The molecule has 0 fully saturated rings. The topological polar surface area (TPSA) is 83.8 Å². The largest absolute Gasteiger partial charge is 0.369 e. The number of rotatable bonds is 5. The van der Waals surface area contributed by atoms with E-state index in [9.17, 15) is 4.79 Å². The van der Waals surface area contributed by atoms with Crippen LogP contribution in [0.1, 0.15) is 29.8 Å². The minimum Gasteiger partial charge on any atom is -0.369 e. The molecule has 0 saturated carbocycles. The van der Waals surface area contributed by atoms with Crippen molar-refractivity contribution in [3.8, 4) is 0 Å². The molecule has 2 rings (SSSR count). The second-order valence-corrected chi connectivity index (χ2v) is 5.13. The molecule has 0 spiro atoms. The summed E-state index contributed by atoms with van der Waals surface area (Å²) in [6.07, 6.45) is 1.43. The van der Waals surface area contributed by atoms with Crippen LogP contribution < -0.4 is 11.1 Å². The Bertz CT molecular complexity index is 560. The summed E-state index contributed by atoms with van der Waals surface area (Å²) in [5.74, 6) is 0.0743. The van der Waals surface area contributed by atoms with Crippen LogP contribution in [0.2, 0.25) is 0 Å². The smallest absolute Gasteiger partial charge is 0.254 e. The van der Waals surface area contributed by atoms with Crippen LogP contribution >= 0.6 is 0 Å². The summed E-state index contributed by atoms with van der Waals surface area (Å²) in [4.78, 5) is 11.2. The zero-order valence-electron chi connectivity index (χ0n) is 11.1. The van der Waals surface area contributed by atoms with Gasteiger partial charge in [0.15, 0.2) is 0 Å². The number of carbonyl (C=O) groups is 1. The fourth-order valence-electron chi connectivity index (χ4n) is 1.91. The molecule has 0 unspecified atom stereocenters. The first-order valence-corrected chi connectivity index (χ1v) is 6.13. The van der Waals surface area contributed by atoms with Crippen molar-refractivity contribution in [1.29, 1.82) is 0 Å². The number of carbonyl (C=O) groups excluding carboxylic acids is 1. The third kappa shape index (κ3) is 2.93. The number of aromatic nitrogens is 2. The molecule has 0 saturated heterocycles. The van der Waals surface area contributed by atoms with Crippen molar-refractivity contribution in [3.05, 3.63) is 47.7 Å². The maximum absolute atomic E-state index is 11.2. The van der Waals surface area contributed by atoms with Gasteiger partial charge in [-0.2, -0.15) is 5.10 Å². The average molecular weight is 258 g/mol. The summed E-state index contributed by atoms with van der Waals surface area (Å²) in [5.41, 5.74) is 6.81. The van der Waals surface area contributed by atoms with Gasteiger partial charge in [0.1, 0.15) is 11.4 Å². The molecule has 0 radical (unpaired) electrons. The lowest BCUT2D eigenvalue weighted by Crippen LogP contribution is -2.28. The SMILES string of the molecule is CC(C)(CNc1[nH]ncc1C(N)=O)c1ccccc1.